The molecule has 2 bridgehead atoms. The number of likely N-dealkylation sites (N-methyl/N-ethyl adjacent to an activating group) is 1. The molecule has 3 amide bonds. The van der Waals surface area contributed by atoms with Gasteiger partial charge in [-0.05, 0) is 75.4 Å². The quantitative estimate of drug-likeness (QED) is 0.228. The number of fused-ring (bicyclic) bond motifs is 3. The van der Waals surface area contributed by atoms with Crippen molar-refractivity contribution in [3.8, 4) is 0 Å². The Bertz CT molecular complexity index is 1560. The van der Waals surface area contributed by atoms with Crippen molar-refractivity contribution < 1.29 is 33.4 Å². The number of carbonyl (C=O) groups is 5. The third-order valence-electron chi connectivity index (χ3n) is 10.6. The fraction of sp³-hybridized carbons (Fsp3) is 0.676. The maximum atomic E-state index is 14.1. The second-order valence-electron chi connectivity index (χ2n) is 14.9. The number of methoxy groups -OCH3 is 1. The summed E-state index contributed by atoms with van der Waals surface area (Å²) < 4.78 is 10.7. The van der Waals surface area contributed by atoms with Gasteiger partial charge in [0, 0.05) is 56.7 Å². The van der Waals surface area contributed by atoms with Crippen molar-refractivity contribution in [2.45, 2.75) is 109 Å². The number of esters is 2. The third kappa shape index (κ3) is 10.1. The summed E-state index contributed by atoms with van der Waals surface area (Å²) in [5.41, 5.74) is 0.135. The lowest BCUT2D eigenvalue weighted by atomic mass is 9.83. The molecule has 15 heteroatoms. The van der Waals surface area contributed by atoms with Crippen LogP contribution in [0.25, 0.3) is 0 Å². The molecule has 3 saturated heterocycles. The summed E-state index contributed by atoms with van der Waals surface area (Å²) >= 11 is 1.19. The van der Waals surface area contributed by atoms with Crippen LogP contribution in [0, 0.1) is 23.7 Å². The minimum absolute atomic E-state index is 0.0248. The topological polar surface area (TPSA) is 173 Å². The number of hydrogen-bond donors (Lipinski definition) is 2. The van der Waals surface area contributed by atoms with Gasteiger partial charge in [-0.3, -0.25) is 28.9 Å². The van der Waals surface area contributed by atoms with Crippen LogP contribution in [0.3, 0.4) is 0 Å². The van der Waals surface area contributed by atoms with E-state index in [9.17, 15) is 24.0 Å². The first-order chi connectivity index (χ1) is 24.8. The monoisotopic (exact) mass is 739 g/mol. The fourth-order valence-electron chi connectivity index (χ4n) is 7.55. The Hall–Kier alpha value is -3.98. The van der Waals surface area contributed by atoms with Gasteiger partial charge in [-0.15, -0.1) is 11.3 Å². The second kappa shape index (κ2) is 17.7. The number of aromatic nitrogens is 3. The Kier molecular flexibility index (Phi) is 13.3. The van der Waals surface area contributed by atoms with Crippen LogP contribution in [0.5, 0.6) is 0 Å². The van der Waals surface area contributed by atoms with Gasteiger partial charge in [-0.1, -0.05) is 20.8 Å². The summed E-state index contributed by atoms with van der Waals surface area (Å²) in [6.45, 7) is 8.91. The molecule has 0 spiro atoms. The van der Waals surface area contributed by atoms with Crippen molar-refractivity contribution in [3.63, 3.8) is 0 Å². The molecule has 52 heavy (non-hydrogen) atoms. The summed E-state index contributed by atoms with van der Waals surface area (Å²) in [6.07, 6.45) is 8.11. The van der Waals surface area contributed by atoms with E-state index in [0.29, 0.717) is 29.6 Å². The lowest BCUT2D eigenvalue weighted by Gasteiger charge is -2.45. The third-order valence-corrected chi connectivity index (χ3v) is 11.6. The van der Waals surface area contributed by atoms with E-state index in [-0.39, 0.29) is 47.8 Å². The molecule has 4 fully saturated rings. The molecule has 284 valence electrons. The summed E-state index contributed by atoms with van der Waals surface area (Å²) in [4.78, 5) is 82.8. The zero-order valence-electron chi connectivity index (χ0n) is 31.1. The average molecular weight is 740 g/mol. The molecule has 2 aromatic heterocycles. The van der Waals surface area contributed by atoms with Crippen LogP contribution in [0.15, 0.2) is 23.8 Å². The average Bonchev–Trinajstić information content (AvgIpc) is 3.86. The van der Waals surface area contributed by atoms with Crippen LogP contribution < -0.4 is 10.6 Å². The number of rotatable bonds is 17. The van der Waals surface area contributed by atoms with Crippen LogP contribution >= 0.6 is 11.3 Å². The molecule has 1 aliphatic carbocycles. The molecule has 6 atom stereocenters. The number of ether oxygens (including phenoxy) is 2. The molecule has 6 rings (SSSR count). The highest BCUT2D eigenvalue weighted by Gasteiger charge is 2.44. The molecule has 0 aromatic carbocycles. The van der Waals surface area contributed by atoms with Gasteiger partial charge >= 0.3 is 11.9 Å². The van der Waals surface area contributed by atoms with Gasteiger partial charge in [0.2, 0.25) is 11.8 Å². The number of piperidine rings is 3. The number of amides is 3. The Morgan fingerprint density at radius 1 is 1.02 bits per heavy atom. The molecule has 0 unspecified atom stereocenters. The first-order valence-electron chi connectivity index (χ1n) is 18.4. The Balaban J connectivity index is 1.28. The summed E-state index contributed by atoms with van der Waals surface area (Å²) in [6, 6.07) is 0.0499. The molecule has 2 N–H and O–H groups in total. The lowest BCUT2D eigenvalue weighted by Crippen LogP contribution is -2.59. The number of hydrogen-bond acceptors (Lipinski definition) is 12. The molecular formula is C37H53N7O7S. The van der Waals surface area contributed by atoms with Crippen molar-refractivity contribution in [1.82, 2.24) is 35.4 Å². The van der Waals surface area contributed by atoms with E-state index in [0.717, 1.165) is 45.2 Å². The highest BCUT2D eigenvalue weighted by molar-refractivity contribution is 7.09. The molecule has 3 aliphatic heterocycles. The van der Waals surface area contributed by atoms with Gasteiger partial charge < -0.3 is 25.0 Å². The second-order valence-corrected chi connectivity index (χ2v) is 15.8. The normalized spacial score (nSPS) is 22.4. The molecule has 1 saturated carbocycles. The van der Waals surface area contributed by atoms with Crippen LogP contribution in [0.2, 0.25) is 0 Å². The minimum atomic E-state index is -0.820. The summed E-state index contributed by atoms with van der Waals surface area (Å²) in [5, 5.41) is 8.15. The molecule has 0 radical (unpaired) electrons. The Morgan fingerprint density at radius 3 is 2.29 bits per heavy atom. The molecule has 4 aliphatic rings. The van der Waals surface area contributed by atoms with Gasteiger partial charge in [0.05, 0.1) is 19.1 Å². The fourth-order valence-corrected chi connectivity index (χ4v) is 8.39. The van der Waals surface area contributed by atoms with E-state index in [1.807, 2.05) is 13.8 Å². The lowest BCUT2D eigenvalue weighted by molar-refractivity contribution is -0.149. The van der Waals surface area contributed by atoms with Crippen LogP contribution in [0.1, 0.15) is 100 Å². The minimum Gasteiger partial charge on any atom is -0.469 e. The van der Waals surface area contributed by atoms with E-state index in [2.05, 4.69) is 30.5 Å². The van der Waals surface area contributed by atoms with E-state index < -0.39 is 42.0 Å². The van der Waals surface area contributed by atoms with Gasteiger partial charge in [-0.25, -0.2) is 15.0 Å². The van der Waals surface area contributed by atoms with Gasteiger partial charge in [0.15, 0.2) is 6.10 Å². The number of thiazole rings is 1. The number of nitrogens with one attached hydrogen (secondary N) is 2. The van der Waals surface area contributed by atoms with E-state index in [1.165, 1.54) is 25.4 Å². The number of nitrogens with zero attached hydrogens (tertiary/aromatic N) is 5. The first-order valence-corrected chi connectivity index (χ1v) is 19.3. The van der Waals surface area contributed by atoms with E-state index >= 15 is 0 Å². The zero-order valence-corrected chi connectivity index (χ0v) is 31.9. The van der Waals surface area contributed by atoms with Crippen LogP contribution in [-0.4, -0.2) is 106 Å². The summed E-state index contributed by atoms with van der Waals surface area (Å²) in [7, 11) is 3.07. The van der Waals surface area contributed by atoms with Crippen molar-refractivity contribution >= 4 is 41.0 Å². The maximum absolute atomic E-state index is 14.1. The molecule has 14 nitrogen and oxygen atoms in total. The smallest absolute Gasteiger partial charge is 0.308 e. The summed E-state index contributed by atoms with van der Waals surface area (Å²) in [5.74, 6) is -0.907. The predicted molar refractivity (Wildman–Crippen MR) is 193 cm³/mol. The zero-order chi connectivity index (χ0) is 37.5. The SMILES string of the molecule is COC(=O)[C@@H](C)C[C@H](Cc1ncccn1)NC(=O)c1csc([C@@H](C[C@H](C(C)C)N(C)C(=O)[C@@H](NC(=O)[C@H]2CC3CCN2CC3)C2CC2)OC(C)=O)n1. The Labute approximate surface area is 309 Å². The van der Waals surface area contributed by atoms with E-state index in [4.69, 9.17) is 9.47 Å². The first kappa shape index (κ1) is 39.2. The number of carbonyl (C=O) groups excluding carboxylic acids is 5. The van der Waals surface area contributed by atoms with Crippen molar-refractivity contribution in [2.75, 3.05) is 27.2 Å². The maximum Gasteiger partial charge on any atom is 0.308 e. The largest absolute Gasteiger partial charge is 0.469 e. The van der Waals surface area contributed by atoms with Crippen molar-refractivity contribution in [2.24, 2.45) is 23.7 Å². The van der Waals surface area contributed by atoms with Crippen LogP contribution in [-0.2, 0) is 35.1 Å². The standard InChI is InChI=1S/C37H53N7O7S/c1-21(2)28(43(5)36(48)32(25-8-9-25)42-34(47)29-17-24-10-14-44(29)15-11-24)19-30(51-23(4)45)35-41-27(20-52-35)33(46)40-26(16-22(3)37(49)50-6)18-31-38-12-7-13-39-31/h7,12-13,20-22,24-26,28-30,32H,8-11,14-19H2,1-6H3,(H,40,46)(H,42,47)/t22-,26+,28+,29+,30+,32-/m0/s1. The molecule has 2 aromatic rings. The van der Waals surface area contributed by atoms with Gasteiger partial charge in [0.25, 0.3) is 5.91 Å². The highest BCUT2D eigenvalue weighted by Crippen LogP contribution is 2.37. The predicted octanol–water partition coefficient (Wildman–Crippen LogP) is 3.33. The molecular weight excluding hydrogens is 687 g/mol. The highest BCUT2D eigenvalue weighted by atomic mass is 32.1. The van der Waals surface area contributed by atoms with Gasteiger partial charge in [0.1, 0.15) is 22.6 Å². The van der Waals surface area contributed by atoms with Crippen molar-refractivity contribution in [1.29, 1.82) is 0 Å². The Morgan fingerprint density at radius 2 is 1.71 bits per heavy atom. The van der Waals surface area contributed by atoms with Crippen molar-refractivity contribution in [3.05, 3.63) is 40.4 Å². The van der Waals surface area contributed by atoms with E-state index in [1.54, 1.807) is 42.7 Å². The van der Waals surface area contributed by atoms with Crippen LogP contribution in [0.4, 0.5) is 0 Å². The van der Waals surface area contributed by atoms with Gasteiger partial charge in [-0.2, -0.15) is 0 Å². The molecule has 5 heterocycles.